The number of likely N-dealkylation sites (tertiary alicyclic amines) is 1. The summed E-state index contributed by atoms with van der Waals surface area (Å²) < 4.78 is 25.0. The molecule has 0 bridgehead atoms. The number of hydrogen-bond acceptors (Lipinski definition) is 5. The van der Waals surface area contributed by atoms with Crippen LogP contribution in [0.5, 0.6) is 5.75 Å². The maximum absolute atomic E-state index is 14.0. The lowest BCUT2D eigenvalue weighted by Crippen LogP contribution is -3.00. The van der Waals surface area contributed by atoms with Crippen LogP contribution in [0.1, 0.15) is 39.2 Å². The van der Waals surface area contributed by atoms with Gasteiger partial charge in [-0.25, -0.2) is 9.18 Å². The summed E-state index contributed by atoms with van der Waals surface area (Å²) in [5.74, 6) is -0.522. The smallest absolute Gasteiger partial charge is 0.410 e. The Kier molecular flexibility index (Phi) is 6.21. The molecule has 2 rings (SSSR count). The average molecular weight is 355 g/mol. The molecule has 140 valence electrons. The van der Waals surface area contributed by atoms with Crippen molar-refractivity contribution >= 4 is 6.09 Å². The monoisotopic (exact) mass is 355 g/mol. The minimum Gasteiger partial charge on any atom is -0.633 e. The molecule has 7 nitrogen and oxygen atoms in total. The van der Waals surface area contributed by atoms with Crippen molar-refractivity contribution in [1.82, 2.24) is 4.90 Å². The number of nitrogens with one attached hydrogen (secondary N) is 1. The lowest BCUT2D eigenvalue weighted by molar-refractivity contribution is -0.807. The third-order valence-corrected chi connectivity index (χ3v) is 3.73. The molecule has 1 aliphatic rings. The van der Waals surface area contributed by atoms with Crippen LogP contribution in [-0.4, -0.2) is 35.8 Å². The molecule has 1 heterocycles. The van der Waals surface area contributed by atoms with Crippen molar-refractivity contribution in [2.75, 3.05) is 13.1 Å². The van der Waals surface area contributed by atoms with E-state index in [2.05, 4.69) is 0 Å². The zero-order chi connectivity index (χ0) is 18.6. The van der Waals surface area contributed by atoms with E-state index in [9.17, 15) is 19.6 Å². The van der Waals surface area contributed by atoms with Gasteiger partial charge >= 0.3 is 6.09 Å². The van der Waals surface area contributed by atoms with Gasteiger partial charge in [-0.15, -0.1) is 0 Å². The third kappa shape index (κ3) is 6.15. The molecule has 1 fully saturated rings. The van der Waals surface area contributed by atoms with Crippen LogP contribution in [0.2, 0.25) is 0 Å². The number of piperidine rings is 1. The van der Waals surface area contributed by atoms with Crippen LogP contribution in [0.25, 0.3) is 0 Å². The van der Waals surface area contributed by atoms with Gasteiger partial charge in [-0.05, 0) is 39.0 Å². The number of carbonyl (C=O) groups excluding carboxylic acids is 1. The molecule has 0 atom stereocenters. The van der Waals surface area contributed by atoms with E-state index in [4.69, 9.17) is 9.47 Å². The molecule has 0 radical (unpaired) electrons. The second kappa shape index (κ2) is 7.99. The van der Waals surface area contributed by atoms with Gasteiger partial charge in [0.05, 0.1) is 0 Å². The molecular formula is C17H24FN2O5-. The van der Waals surface area contributed by atoms with E-state index in [0.717, 1.165) is 6.07 Å². The quantitative estimate of drug-likeness (QED) is 0.834. The molecular weight excluding hydrogens is 331 g/mol. The van der Waals surface area contributed by atoms with Crippen molar-refractivity contribution in [2.45, 2.75) is 51.9 Å². The number of rotatable bonds is 4. The molecule has 1 amide bonds. The summed E-state index contributed by atoms with van der Waals surface area (Å²) in [4.78, 5) is 13.6. The topological polar surface area (TPSA) is 89.3 Å². The first kappa shape index (κ1) is 19.4. The maximum Gasteiger partial charge on any atom is 0.410 e. The Hall–Kier alpha value is -1.90. The van der Waals surface area contributed by atoms with Gasteiger partial charge in [0.15, 0.2) is 11.6 Å². The number of hydroxylamine groups is 2. The van der Waals surface area contributed by atoms with Crippen LogP contribution < -0.4 is 9.96 Å². The molecule has 8 heteroatoms. The van der Waals surface area contributed by atoms with Crippen molar-refractivity contribution in [3.63, 3.8) is 0 Å². The normalized spacial score (nSPS) is 16.2. The molecule has 25 heavy (non-hydrogen) atoms. The highest BCUT2D eigenvalue weighted by atomic mass is 19.1. The number of ether oxygens (including phenoxy) is 2. The predicted molar refractivity (Wildman–Crippen MR) is 89.3 cm³/mol. The molecule has 1 saturated heterocycles. The molecule has 1 N–H and O–H groups in total. The predicted octanol–water partition coefficient (Wildman–Crippen LogP) is 1.98. The summed E-state index contributed by atoms with van der Waals surface area (Å²) in [6.45, 7) is 6.05. The van der Waals surface area contributed by atoms with Crippen molar-refractivity contribution in [3.05, 3.63) is 40.0 Å². The van der Waals surface area contributed by atoms with Crippen molar-refractivity contribution in [3.8, 4) is 5.75 Å². The molecule has 1 aromatic rings. The number of carbonyl (C=O) groups is 1. The molecule has 0 saturated carbocycles. The number of halogens is 1. The minimum absolute atomic E-state index is 0.0813. The summed E-state index contributed by atoms with van der Waals surface area (Å²) in [6.07, 6.45) is 0.572. The number of nitrogens with zero attached hydrogens (tertiary/aromatic N) is 1. The molecule has 0 spiro atoms. The fourth-order valence-corrected chi connectivity index (χ4v) is 2.58. The molecule has 1 aromatic carbocycles. The van der Waals surface area contributed by atoms with Crippen molar-refractivity contribution in [2.24, 2.45) is 0 Å². The van der Waals surface area contributed by atoms with Crippen molar-refractivity contribution < 1.29 is 23.9 Å². The lowest BCUT2D eigenvalue weighted by Gasteiger charge is -2.33. The first-order chi connectivity index (χ1) is 11.6. The van der Waals surface area contributed by atoms with E-state index in [1.165, 1.54) is 12.1 Å². The van der Waals surface area contributed by atoms with E-state index in [-0.39, 0.29) is 24.5 Å². The first-order valence-corrected chi connectivity index (χ1v) is 8.27. The summed E-state index contributed by atoms with van der Waals surface area (Å²) in [5, 5.41) is 19.8. The Morgan fingerprint density at radius 3 is 2.48 bits per heavy atom. The second-order valence-electron chi connectivity index (χ2n) is 7.10. The Labute approximate surface area is 146 Å². The van der Waals surface area contributed by atoms with Gasteiger partial charge in [0.2, 0.25) is 0 Å². The van der Waals surface area contributed by atoms with E-state index in [1.807, 2.05) is 20.8 Å². The van der Waals surface area contributed by atoms with E-state index in [0.29, 0.717) is 31.5 Å². The van der Waals surface area contributed by atoms with Gasteiger partial charge < -0.3 is 30.0 Å². The minimum atomic E-state index is -1.26. The summed E-state index contributed by atoms with van der Waals surface area (Å²) >= 11 is 0. The van der Waals surface area contributed by atoms with Crippen LogP contribution in [0.15, 0.2) is 18.2 Å². The molecule has 1 aliphatic heterocycles. The Morgan fingerprint density at radius 1 is 1.32 bits per heavy atom. The third-order valence-electron chi connectivity index (χ3n) is 3.73. The highest BCUT2D eigenvalue weighted by Crippen LogP contribution is 2.24. The largest absolute Gasteiger partial charge is 0.633 e. The average Bonchev–Trinajstić information content (AvgIpc) is 2.48. The van der Waals surface area contributed by atoms with Gasteiger partial charge in [0.1, 0.15) is 18.2 Å². The highest BCUT2D eigenvalue weighted by Gasteiger charge is 2.28. The zero-order valence-electron chi connectivity index (χ0n) is 14.7. The highest BCUT2D eigenvalue weighted by molar-refractivity contribution is 5.68. The molecule has 0 aromatic heterocycles. The standard InChI is InChI=1S/C17H24FN2O5/c1-17(2,3)25-16(21)19-8-6-13(7-9-19)24-15-5-4-12(10-14(15)18)11-20(22)23/h4-5,10,13,20H,6-9,11H2,1-3H3/q-1. The fraction of sp³-hybridized carbons (Fsp3) is 0.588. The van der Waals surface area contributed by atoms with Crippen LogP contribution in [0.4, 0.5) is 9.18 Å². The van der Waals surface area contributed by atoms with E-state index in [1.54, 1.807) is 4.90 Å². The lowest BCUT2D eigenvalue weighted by atomic mass is 10.1. The molecule has 0 unspecified atom stereocenters. The van der Waals surface area contributed by atoms with Gasteiger partial charge in [0, 0.05) is 31.5 Å². The SMILES string of the molecule is CC(C)(C)OC(=O)N1CCC(Oc2ccc(C[NH+]([O-])[O-])cc2F)CC1. The summed E-state index contributed by atoms with van der Waals surface area (Å²) in [6, 6.07) is 4.07. The number of amides is 1. The first-order valence-electron chi connectivity index (χ1n) is 8.27. The maximum atomic E-state index is 14.0. The van der Waals surface area contributed by atoms with Crippen molar-refractivity contribution in [1.29, 1.82) is 0 Å². The summed E-state index contributed by atoms with van der Waals surface area (Å²) in [7, 11) is 0. The Morgan fingerprint density at radius 2 is 1.96 bits per heavy atom. The number of quaternary nitrogens is 1. The van der Waals surface area contributed by atoms with Gasteiger partial charge in [-0.3, -0.25) is 0 Å². The van der Waals surface area contributed by atoms with Gasteiger partial charge in [-0.2, -0.15) is 0 Å². The van der Waals surface area contributed by atoms with Gasteiger partial charge in [0.25, 0.3) is 0 Å². The van der Waals surface area contributed by atoms with E-state index < -0.39 is 16.6 Å². The van der Waals surface area contributed by atoms with Crippen LogP contribution in [-0.2, 0) is 11.3 Å². The fourth-order valence-electron chi connectivity index (χ4n) is 2.58. The van der Waals surface area contributed by atoms with Crippen LogP contribution >= 0.6 is 0 Å². The van der Waals surface area contributed by atoms with Gasteiger partial charge in [-0.1, -0.05) is 0 Å². The second-order valence-corrected chi connectivity index (χ2v) is 7.10. The van der Waals surface area contributed by atoms with E-state index >= 15 is 0 Å². The molecule has 0 aliphatic carbocycles. The summed E-state index contributed by atoms with van der Waals surface area (Å²) in [5.41, 5.74) is -0.217. The zero-order valence-corrected chi connectivity index (χ0v) is 14.7. The number of benzene rings is 1. The Balaban J connectivity index is 1.87. The van der Waals surface area contributed by atoms with Crippen LogP contribution in [0, 0.1) is 16.2 Å². The van der Waals surface area contributed by atoms with Crippen LogP contribution in [0.3, 0.4) is 0 Å². The Bertz CT molecular complexity index is 595. The number of hydrogen-bond donors (Lipinski definition) is 1.